The molecule has 1 aliphatic rings. The van der Waals surface area contributed by atoms with Gasteiger partial charge in [-0.2, -0.15) is 18.3 Å². The number of alkyl halides is 3. The molecular weight excluding hydrogens is 477 g/mol. The number of aromatic amines is 1. The van der Waals surface area contributed by atoms with E-state index in [9.17, 15) is 18.0 Å². The van der Waals surface area contributed by atoms with Gasteiger partial charge in [0.05, 0.1) is 28.8 Å². The maximum absolute atomic E-state index is 13.5. The molecule has 36 heavy (non-hydrogen) atoms. The number of halogens is 3. The number of carbonyl (C=O) groups is 1. The van der Waals surface area contributed by atoms with Gasteiger partial charge < -0.3 is 14.3 Å². The van der Waals surface area contributed by atoms with Gasteiger partial charge >= 0.3 is 18.0 Å². The van der Waals surface area contributed by atoms with Crippen molar-refractivity contribution in [1.82, 2.24) is 39.7 Å². The van der Waals surface area contributed by atoms with Crippen LogP contribution in [0.5, 0.6) is 0 Å². The molecule has 6 rings (SSSR count). The lowest BCUT2D eigenvalue weighted by atomic mass is 9.99. The maximum atomic E-state index is 13.5. The van der Waals surface area contributed by atoms with Gasteiger partial charge in [-0.05, 0) is 36.8 Å². The SMILES string of the molecule is Cc1cccn2nc([C@@H]3c4nc[nH]c4CCN3C(=O)c3nnc(-c4ccc(C(F)(F)F)cn4)o3)cc12. The zero-order chi connectivity index (χ0) is 25.0. The number of aromatic nitrogens is 7. The Kier molecular flexibility index (Phi) is 4.88. The van der Waals surface area contributed by atoms with Crippen molar-refractivity contribution in [3.8, 4) is 11.6 Å². The third kappa shape index (κ3) is 3.59. The summed E-state index contributed by atoms with van der Waals surface area (Å²) in [6, 6.07) is 7.14. The summed E-state index contributed by atoms with van der Waals surface area (Å²) in [7, 11) is 0. The van der Waals surface area contributed by atoms with Crippen LogP contribution < -0.4 is 0 Å². The van der Waals surface area contributed by atoms with E-state index in [4.69, 9.17) is 4.42 Å². The van der Waals surface area contributed by atoms with Crippen LogP contribution >= 0.6 is 0 Å². The second-order valence-corrected chi connectivity index (χ2v) is 8.35. The molecule has 10 nitrogen and oxygen atoms in total. The summed E-state index contributed by atoms with van der Waals surface area (Å²) in [5.74, 6) is -1.02. The third-order valence-electron chi connectivity index (χ3n) is 6.12. The van der Waals surface area contributed by atoms with Gasteiger partial charge in [0.15, 0.2) is 0 Å². The van der Waals surface area contributed by atoms with Crippen molar-refractivity contribution in [3.63, 3.8) is 0 Å². The number of nitrogens with zero attached hydrogens (tertiary/aromatic N) is 7. The molecule has 1 amide bonds. The summed E-state index contributed by atoms with van der Waals surface area (Å²) >= 11 is 0. The fraction of sp³-hybridized carbons (Fsp3) is 0.217. The van der Waals surface area contributed by atoms with Gasteiger partial charge in [-0.15, -0.1) is 10.2 Å². The quantitative estimate of drug-likeness (QED) is 0.407. The first-order valence-corrected chi connectivity index (χ1v) is 10.9. The van der Waals surface area contributed by atoms with E-state index in [1.165, 1.54) is 0 Å². The standard InChI is InChI=1S/C23H17F3N8O2/c1-12-3-2-7-34-17(12)9-16(32-34)19-18-14(28-11-29-18)6-8-33(19)22(35)21-31-30-20(36-21)15-5-4-13(10-27-15)23(24,25)26/h2-5,7,9-11,19H,6,8H2,1H3,(H,28,29)/t19-/m1/s1. The molecule has 0 bridgehead atoms. The first-order chi connectivity index (χ1) is 17.3. The molecule has 1 atom stereocenters. The van der Waals surface area contributed by atoms with E-state index in [2.05, 4.69) is 30.2 Å². The Hall–Kier alpha value is -4.55. The lowest BCUT2D eigenvalue weighted by molar-refractivity contribution is -0.137. The van der Waals surface area contributed by atoms with Gasteiger partial charge in [-0.25, -0.2) is 9.50 Å². The molecule has 1 N–H and O–H groups in total. The lowest BCUT2D eigenvalue weighted by Crippen LogP contribution is -2.41. The first-order valence-electron chi connectivity index (χ1n) is 10.9. The number of pyridine rings is 2. The first kappa shape index (κ1) is 21.9. The van der Waals surface area contributed by atoms with E-state index in [0.717, 1.165) is 28.9 Å². The molecule has 0 saturated heterocycles. The van der Waals surface area contributed by atoms with Crippen LogP contribution in [-0.4, -0.2) is 52.1 Å². The maximum Gasteiger partial charge on any atom is 0.417 e. The number of rotatable bonds is 3. The van der Waals surface area contributed by atoms with Crippen LogP contribution in [0.3, 0.4) is 0 Å². The van der Waals surface area contributed by atoms with E-state index in [-0.39, 0.29) is 17.5 Å². The second-order valence-electron chi connectivity index (χ2n) is 8.35. The molecule has 0 radical (unpaired) electrons. The summed E-state index contributed by atoms with van der Waals surface area (Å²) in [5.41, 5.74) is 3.23. The largest absolute Gasteiger partial charge is 0.417 e. The van der Waals surface area contributed by atoms with Crippen LogP contribution in [-0.2, 0) is 12.6 Å². The Morgan fingerprint density at radius 3 is 2.81 bits per heavy atom. The molecule has 0 spiro atoms. The van der Waals surface area contributed by atoms with E-state index < -0.39 is 23.7 Å². The Balaban J connectivity index is 1.35. The van der Waals surface area contributed by atoms with Crippen molar-refractivity contribution in [2.75, 3.05) is 6.54 Å². The molecule has 1 aliphatic heterocycles. The van der Waals surface area contributed by atoms with Crippen molar-refractivity contribution in [3.05, 3.63) is 83.2 Å². The van der Waals surface area contributed by atoms with Crippen LogP contribution in [0.4, 0.5) is 13.2 Å². The number of hydrogen-bond donors (Lipinski definition) is 1. The summed E-state index contributed by atoms with van der Waals surface area (Å²) in [6.45, 7) is 2.31. The van der Waals surface area contributed by atoms with Crippen LogP contribution in [0.1, 0.15) is 44.9 Å². The summed E-state index contributed by atoms with van der Waals surface area (Å²) < 4.78 is 45.8. The molecule has 0 unspecified atom stereocenters. The van der Waals surface area contributed by atoms with Gasteiger partial charge in [0, 0.05) is 31.1 Å². The average molecular weight is 494 g/mol. The Bertz CT molecular complexity index is 1580. The van der Waals surface area contributed by atoms with E-state index in [1.54, 1.807) is 15.7 Å². The highest BCUT2D eigenvalue weighted by molar-refractivity contribution is 5.90. The molecule has 5 aromatic heterocycles. The van der Waals surface area contributed by atoms with Crippen LogP contribution in [0.25, 0.3) is 17.1 Å². The number of fused-ring (bicyclic) bond motifs is 2. The van der Waals surface area contributed by atoms with Crippen LogP contribution in [0.2, 0.25) is 0 Å². The van der Waals surface area contributed by atoms with Crippen molar-refractivity contribution >= 4 is 11.4 Å². The number of carbonyl (C=O) groups excluding carboxylic acids is 1. The molecule has 0 saturated carbocycles. The van der Waals surface area contributed by atoms with E-state index in [1.807, 2.05) is 31.3 Å². The Morgan fingerprint density at radius 1 is 1.19 bits per heavy atom. The van der Waals surface area contributed by atoms with Crippen LogP contribution in [0.15, 0.2) is 53.5 Å². The fourth-order valence-corrected chi connectivity index (χ4v) is 4.33. The minimum Gasteiger partial charge on any atom is -0.411 e. The van der Waals surface area contributed by atoms with Crippen molar-refractivity contribution in [2.45, 2.75) is 25.6 Å². The van der Waals surface area contributed by atoms with Gasteiger partial charge in [0.25, 0.3) is 5.89 Å². The van der Waals surface area contributed by atoms with E-state index in [0.29, 0.717) is 30.6 Å². The fourth-order valence-electron chi connectivity index (χ4n) is 4.33. The van der Waals surface area contributed by atoms with E-state index >= 15 is 0 Å². The molecule has 182 valence electrons. The highest BCUT2D eigenvalue weighted by Gasteiger charge is 2.38. The molecule has 0 aromatic carbocycles. The number of H-pyrrole nitrogens is 1. The lowest BCUT2D eigenvalue weighted by Gasteiger charge is -2.32. The monoisotopic (exact) mass is 494 g/mol. The van der Waals surface area contributed by atoms with Crippen LogP contribution in [0, 0.1) is 6.92 Å². The number of nitrogens with one attached hydrogen (secondary N) is 1. The molecule has 5 aromatic rings. The molecule has 0 aliphatic carbocycles. The van der Waals surface area contributed by atoms with Crippen molar-refractivity contribution < 1.29 is 22.4 Å². The van der Waals surface area contributed by atoms with Gasteiger partial charge in [0.2, 0.25) is 0 Å². The molecule has 0 fully saturated rings. The average Bonchev–Trinajstić information content (AvgIpc) is 3.62. The predicted octanol–water partition coefficient (Wildman–Crippen LogP) is 3.62. The highest BCUT2D eigenvalue weighted by atomic mass is 19.4. The normalized spacial score (nSPS) is 15.9. The zero-order valence-electron chi connectivity index (χ0n) is 18.7. The summed E-state index contributed by atoms with van der Waals surface area (Å²) in [5, 5.41) is 12.3. The number of hydrogen-bond acceptors (Lipinski definition) is 7. The number of imidazole rings is 1. The minimum absolute atomic E-state index is 0.0233. The Labute approximate surface area is 200 Å². The summed E-state index contributed by atoms with van der Waals surface area (Å²) in [4.78, 5) is 26.4. The highest BCUT2D eigenvalue weighted by Crippen LogP contribution is 2.35. The number of amides is 1. The van der Waals surface area contributed by atoms with Crippen molar-refractivity contribution in [1.29, 1.82) is 0 Å². The van der Waals surface area contributed by atoms with Crippen molar-refractivity contribution in [2.24, 2.45) is 0 Å². The van der Waals surface area contributed by atoms with Gasteiger partial charge in [-0.3, -0.25) is 9.78 Å². The predicted molar refractivity (Wildman–Crippen MR) is 118 cm³/mol. The van der Waals surface area contributed by atoms with Gasteiger partial charge in [0.1, 0.15) is 11.7 Å². The third-order valence-corrected chi connectivity index (χ3v) is 6.12. The molecule has 13 heteroatoms. The smallest absolute Gasteiger partial charge is 0.411 e. The number of aryl methyl sites for hydroxylation is 1. The molecule has 6 heterocycles. The molecular formula is C23H17F3N8O2. The summed E-state index contributed by atoms with van der Waals surface area (Å²) in [6.07, 6.45) is 0.0886. The Morgan fingerprint density at radius 2 is 2.06 bits per heavy atom. The topological polar surface area (TPSA) is 118 Å². The zero-order valence-corrected chi connectivity index (χ0v) is 18.7. The minimum atomic E-state index is -4.52. The van der Waals surface area contributed by atoms with Gasteiger partial charge in [-0.1, -0.05) is 6.07 Å². The second kappa shape index (κ2) is 8.00.